The van der Waals surface area contributed by atoms with Crippen LogP contribution in [0.4, 0.5) is 0 Å². The Bertz CT molecular complexity index is 579. The molecule has 24 heavy (non-hydrogen) atoms. The molecule has 132 valence electrons. The number of nitrogens with zero attached hydrogens (tertiary/aromatic N) is 1. The van der Waals surface area contributed by atoms with Gasteiger partial charge < -0.3 is 9.64 Å². The molecule has 3 heteroatoms. The Balaban J connectivity index is 1.80. The van der Waals surface area contributed by atoms with Crippen LogP contribution in [0.5, 0.6) is 5.75 Å². The van der Waals surface area contributed by atoms with Gasteiger partial charge in [-0.1, -0.05) is 31.9 Å². The van der Waals surface area contributed by atoms with Crippen molar-refractivity contribution < 1.29 is 9.53 Å². The van der Waals surface area contributed by atoms with Crippen molar-refractivity contribution in [2.75, 3.05) is 13.1 Å². The monoisotopic (exact) mass is 329 g/mol. The number of amides is 1. The second-order valence-electron chi connectivity index (χ2n) is 7.86. The molecule has 1 unspecified atom stereocenters. The summed E-state index contributed by atoms with van der Waals surface area (Å²) in [7, 11) is 0. The fourth-order valence-corrected chi connectivity index (χ4v) is 4.21. The van der Waals surface area contributed by atoms with E-state index in [0.29, 0.717) is 11.8 Å². The zero-order chi connectivity index (χ0) is 17.2. The molecule has 0 bridgehead atoms. The van der Waals surface area contributed by atoms with Crippen LogP contribution in [0.25, 0.3) is 0 Å². The van der Waals surface area contributed by atoms with Crippen molar-refractivity contribution in [1.82, 2.24) is 4.90 Å². The summed E-state index contributed by atoms with van der Waals surface area (Å²) >= 11 is 0. The number of carbonyl (C=O) groups excluding carboxylic acids is 1. The number of benzene rings is 1. The molecule has 0 spiro atoms. The lowest BCUT2D eigenvalue weighted by molar-refractivity contribution is -0.137. The van der Waals surface area contributed by atoms with Crippen LogP contribution in [0.15, 0.2) is 24.3 Å². The van der Waals surface area contributed by atoms with Gasteiger partial charge >= 0.3 is 0 Å². The highest BCUT2D eigenvalue weighted by Gasteiger charge is 2.42. The highest BCUT2D eigenvalue weighted by Crippen LogP contribution is 2.41. The Morgan fingerprint density at radius 2 is 2.17 bits per heavy atom. The molecule has 2 aliphatic rings. The number of likely N-dealkylation sites (tertiary alicyclic amines) is 1. The highest BCUT2D eigenvalue weighted by molar-refractivity contribution is 5.80. The van der Waals surface area contributed by atoms with Crippen LogP contribution < -0.4 is 4.74 Å². The average molecular weight is 329 g/mol. The van der Waals surface area contributed by atoms with Gasteiger partial charge in [0, 0.05) is 24.4 Å². The summed E-state index contributed by atoms with van der Waals surface area (Å²) in [4.78, 5) is 14.8. The maximum atomic E-state index is 12.7. The van der Waals surface area contributed by atoms with Crippen LogP contribution in [0, 0.1) is 5.92 Å². The quantitative estimate of drug-likeness (QED) is 0.766. The van der Waals surface area contributed by atoms with Gasteiger partial charge in [-0.15, -0.1) is 0 Å². The predicted molar refractivity (Wildman–Crippen MR) is 97.3 cm³/mol. The number of hydrogen-bond donors (Lipinski definition) is 0. The zero-order valence-corrected chi connectivity index (χ0v) is 15.4. The smallest absolute Gasteiger partial charge is 0.225 e. The Labute approximate surface area is 146 Å². The molecule has 0 radical (unpaired) electrons. The van der Waals surface area contributed by atoms with Crippen molar-refractivity contribution >= 4 is 5.91 Å². The maximum absolute atomic E-state index is 12.7. The first kappa shape index (κ1) is 17.3. The molecule has 1 amide bonds. The van der Waals surface area contributed by atoms with Gasteiger partial charge in [0.25, 0.3) is 0 Å². The second-order valence-corrected chi connectivity index (χ2v) is 7.86. The molecule has 1 aliphatic heterocycles. The van der Waals surface area contributed by atoms with E-state index >= 15 is 0 Å². The van der Waals surface area contributed by atoms with Gasteiger partial charge in [-0.25, -0.2) is 0 Å². The summed E-state index contributed by atoms with van der Waals surface area (Å²) in [5.74, 6) is 1.65. The average Bonchev–Trinajstić information content (AvgIpc) is 2.91. The molecule has 1 atom stereocenters. The van der Waals surface area contributed by atoms with Gasteiger partial charge in [-0.2, -0.15) is 0 Å². The third kappa shape index (κ3) is 3.45. The first-order valence-corrected chi connectivity index (χ1v) is 9.60. The lowest BCUT2D eigenvalue weighted by Crippen LogP contribution is -2.40. The summed E-state index contributed by atoms with van der Waals surface area (Å²) in [6.07, 6.45) is 6.93. The molecule has 2 fully saturated rings. The summed E-state index contributed by atoms with van der Waals surface area (Å²) in [5.41, 5.74) is 1.44. The maximum Gasteiger partial charge on any atom is 0.225 e. The van der Waals surface area contributed by atoms with E-state index in [1.165, 1.54) is 12.0 Å². The van der Waals surface area contributed by atoms with Crippen LogP contribution in [0.3, 0.4) is 0 Å². The molecule has 1 aromatic carbocycles. The van der Waals surface area contributed by atoms with Crippen LogP contribution in [0.1, 0.15) is 64.9 Å². The van der Waals surface area contributed by atoms with E-state index in [1.807, 2.05) is 6.07 Å². The van der Waals surface area contributed by atoms with Crippen molar-refractivity contribution in [3.05, 3.63) is 29.8 Å². The van der Waals surface area contributed by atoms with Gasteiger partial charge in [0.05, 0.1) is 6.10 Å². The summed E-state index contributed by atoms with van der Waals surface area (Å²) < 4.78 is 5.90. The van der Waals surface area contributed by atoms with Crippen molar-refractivity contribution in [2.45, 2.75) is 70.8 Å². The SMILES string of the molecule is CCCC1(c2cccc(OC(C)C)c2)CCN(C(=O)C2CCC2)C1. The van der Waals surface area contributed by atoms with Crippen LogP contribution >= 0.6 is 0 Å². The molecular weight excluding hydrogens is 298 g/mol. The van der Waals surface area contributed by atoms with Crippen LogP contribution in [0.2, 0.25) is 0 Å². The first-order valence-electron chi connectivity index (χ1n) is 9.60. The third-order valence-electron chi connectivity index (χ3n) is 5.67. The van der Waals surface area contributed by atoms with Gasteiger partial charge in [0.15, 0.2) is 0 Å². The Kier molecular flexibility index (Phi) is 5.17. The van der Waals surface area contributed by atoms with E-state index in [0.717, 1.165) is 50.9 Å². The van der Waals surface area contributed by atoms with Crippen LogP contribution in [-0.4, -0.2) is 30.0 Å². The minimum Gasteiger partial charge on any atom is -0.491 e. The number of rotatable bonds is 6. The molecule has 1 aliphatic carbocycles. The summed E-state index contributed by atoms with van der Waals surface area (Å²) in [5, 5.41) is 0. The lowest BCUT2D eigenvalue weighted by atomic mass is 9.76. The van der Waals surface area contributed by atoms with Crippen molar-refractivity contribution in [2.24, 2.45) is 5.92 Å². The Morgan fingerprint density at radius 1 is 1.38 bits per heavy atom. The Hall–Kier alpha value is -1.51. The first-order chi connectivity index (χ1) is 11.5. The summed E-state index contributed by atoms with van der Waals surface area (Å²) in [6.45, 7) is 8.14. The van der Waals surface area contributed by atoms with Crippen molar-refractivity contribution in [3.63, 3.8) is 0 Å². The number of carbonyl (C=O) groups is 1. The number of ether oxygens (including phenoxy) is 1. The second kappa shape index (κ2) is 7.16. The van der Waals surface area contributed by atoms with Gasteiger partial charge in [0.2, 0.25) is 5.91 Å². The predicted octanol–water partition coefficient (Wildman–Crippen LogP) is 4.54. The molecule has 1 saturated carbocycles. The minimum absolute atomic E-state index is 0.102. The fraction of sp³-hybridized carbons (Fsp3) is 0.667. The van der Waals surface area contributed by atoms with E-state index in [9.17, 15) is 4.79 Å². The van der Waals surface area contributed by atoms with E-state index < -0.39 is 0 Å². The third-order valence-corrected chi connectivity index (χ3v) is 5.67. The van der Waals surface area contributed by atoms with E-state index in [1.54, 1.807) is 0 Å². The van der Waals surface area contributed by atoms with E-state index in [4.69, 9.17) is 4.74 Å². The van der Waals surface area contributed by atoms with Gasteiger partial charge in [0.1, 0.15) is 5.75 Å². The standard InChI is InChI=1S/C21H31NO2/c1-4-11-21(18-9-6-10-19(14-18)24-16(2)3)12-13-22(15-21)20(23)17-7-5-8-17/h6,9-10,14,16-17H,4-5,7-8,11-13,15H2,1-3H3. The van der Waals surface area contributed by atoms with Gasteiger partial charge in [-0.3, -0.25) is 4.79 Å². The summed E-state index contributed by atoms with van der Waals surface area (Å²) in [6, 6.07) is 8.56. The minimum atomic E-state index is 0.102. The largest absolute Gasteiger partial charge is 0.491 e. The molecule has 3 nitrogen and oxygen atoms in total. The molecule has 1 saturated heterocycles. The molecule has 1 aromatic rings. The Morgan fingerprint density at radius 3 is 2.79 bits per heavy atom. The zero-order valence-electron chi connectivity index (χ0n) is 15.4. The van der Waals surface area contributed by atoms with Gasteiger partial charge in [-0.05, 0) is 57.2 Å². The topological polar surface area (TPSA) is 29.5 Å². The molecule has 1 heterocycles. The number of hydrogen-bond acceptors (Lipinski definition) is 2. The molecule has 3 rings (SSSR count). The van der Waals surface area contributed by atoms with Crippen molar-refractivity contribution in [1.29, 1.82) is 0 Å². The van der Waals surface area contributed by atoms with Crippen LogP contribution in [-0.2, 0) is 10.2 Å². The van der Waals surface area contributed by atoms with Crippen molar-refractivity contribution in [3.8, 4) is 5.75 Å². The molecule has 0 aromatic heterocycles. The molecular formula is C21H31NO2. The fourth-order valence-electron chi connectivity index (χ4n) is 4.21. The normalized spacial score (nSPS) is 24.2. The highest BCUT2D eigenvalue weighted by atomic mass is 16.5. The van der Waals surface area contributed by atoms with E-state index in [-0.39, 0.29) is 11.5 Å². The lowest BCUT2D eigenvalue weighted by Gasteiger charge is -2.33. The van der Waals surface area contributed by atoms with E-state index in [2.05, 4.69) is 43.9 Å². The molecule has 0 N–H and O–H groups in total.